The van der Waals surface area contributed by atoms with E-state index in [1.54, 1.807) is 29.3 Å². The van der Waals surface area contributed by atoms with Crippen molar-refractivity contribution in [2.24, 2.45) is 0 Å². The number of aryl methyl sites for hydroxylation is 2. The maximum Gasteiger partial charge on any atom is 0.276 e. The normalized spacial score (nSPS) is 15.1. The Morgan fingerprint density at radius 3 is 2.50 bits per heavy atom. The van der Waals surface area contributed by atoms with Crippen LogP contribution in [0.4, 0.5) is 0 Å². The van der Waals surface area contributed by atoms with Crippen LogP contribution in [0, 0.1) is 6.92 Å². The molecule has 0 N–H and O–H groups in total. The standard InChI is InChI=1S/C22H25N3O5S2/c1-3-17-6-8-18(9-7-17)29-15-19-16(2)30-23-21(19)22(26)24-10-12-25(13-11-24)32(27,28)20-5-4-14-31-20/h4-9,14H,3,10-13,15H2,1-2H3. The van der Waals surface area contributed by atoms with Crippen molar-refractivity contribution in [2.75, 3.05) is 26.2 Å². The molecule has 0 radical (unpaired) electrons. The average Bonchev–Trinajstić information content (AvgIpc) is 3.48. The minimum Gasteiger partial charge on any atom is -0.489 e. The summed E-state index contributed by atoms with van der Waals surface area (Å²) in [5, 5.41) is 5.70. The molecule has 3 heterocycles. The average molecular weight is 476 g/mol. The number of sulfonamides is 1. The Balaban J connectivity index is 1.41. The number of hydrogen-bond acceptors (Lipinski definition) is 7. The fourth-order valence-electron chi connectivity index (χ4n) is 3.52. The SMILES string of the molecule is CCc1ccc(OCc2c(C(=O)N3CCN(S(=O)(=O)c4cccs4)CC3)noc2C)cc1. The van der Waals surface area contributed by atoms with Gasteiger partial charge in [0.05, 0.1) is 5.56 Å². The molecule has 3 aromatic rings. The second-order valence-corrected chi connectivity index (χ2v) is 10.6. The topological polar surface area (TPSA) is 93.0 Å². The smallest absolute Gasteiger partial charge is 0.276 e. The largest absolute Gasteiger partial charge is 0.489 e. The summed E-state index contributed by atoms with van der Waals surface area (Å²) in [4.78, 5) is 14.7. The van der Waals surface area contributed by atoms with Crippen LogP contribution in [0.3, 0.4) is 0 Å². The molecule has 0 spiro atoms. The van der Waals surface area contributed by atoms with Gasteiger partial charge in [-0.2, -0.15) is 4.31 Å². The first kappa shape index (κ1) is 22.5. The first-order chi connectivity index (χ1) is 15.4. The molecule has 1 fully saturated rings. The number of aromatic nitrogens is 1. The lowest BCUT2D eigenvalue weighted by atomic mass is 10.1. The van der Waals surface area contributed by atoms with Gasteiger partial charge in [-0.25, -0.2) is 8.42 Å². The van der Waals surface area contributed by atoms with Crippen molar-refractivity contribution in [3.8, 4) is 5.75 Å². The zero-order valence-electron chi connectivity index (χ0n) is 18.0. The lowest BCUT2D eigenvalue weighted by Crippen LogP contribution is -2.50. The summed E-state index contributed by atoms with van der Waals surface area (Å²) in [5.74, 6) is 0.945. The Bertz CT molecular complexity index is 1160. The molecule has 4 rings (SSSR count). The number of carbonyl (C=O) groups excluding carboxylic acids is 1. The molecule has 8 nitrogen and oxygen atoms in total. The summed E-state index contributed by atoms with van der Waals surface area (Å²) in [5.41, 5.74) is 2.03. The van der Waals surface area contributed by atoms with Crippen molar-refractivity contribution < 1.29 is 22.5 Å². The molecule has 0 bridgehead atoms. The van der Waals surface area contributed by atoms with E-state index < -0.39 is 10.0 Å². The summed E-state index contributed by atoms with van der Waals surface area (Å²) in [6.45, 7) is 5.04. The fraction of sp³-hybridized carbons (Fsp3) is 0.364. The Hall–Kier alpha value is -2.69. The van der Waals surface area contributed by atoms with Crippen molar-refractivity contribution >= 4 is 27.3 Å². The second kappa shape index (κ2) is 9.43. The van der Waals surface area contributed by atoms with Crippen molar-refractivity contribution in [3.05, 3.63) is 64.4 Å². The lowest BCUT2D eigenvalue weighted by molar-refractivity contribution is 0.0685. The van der Waals surface area contributed by atoms with Crippen molar-refractivity contribution in [1.29, 1.82) is 0 Å². The molecule has 0 atom stereocenters. The van der Waals surface area contributed by atoms with Gasteiger partial charge in [-0.15, -0.1) is 11.3 Å². The molecule has 1 aliphatic heterocycles. The minimum atomic E-state index is -3.52. The maximum absolute atomic E-state index is 13.1. The summed E-state index contributed by atoms with van der Waals surface area (Å²) in [6.07, 6.45) is 0.950. The van der Waals surface area contributed by atoms with E-state index in [2.05, 4.69) is 12.1 Å². The predicted octanol–water partition coefficient (Wildman–Crippen LogP) is 3.33. The quantitative estimate of drug-likeness (QED) is 0.520. The van der Waals surface area contributed by atoms with Gasteiger partial charge in [0.15, 0.2) is 5.69 Å². The van der Waals surface area contributed by atoms with Gasteiger partial charge in [-0.3, -0.25) is 4.79 Å². The van der Waals surface area contributed by atoms with E-state index in [4.69, 9.17) is 9.26 Å². The highest BCUT2D eigenvalue weighted by atomic mass is 32.2. The van der Waals surface area contributed by atoms with Gasteiger partial charge in [0, 0.05) is 26.2 Å². The van der Waals surface area contributed by atoms with E-state index in [1.807, 2.05) is 24.3 Å². The zero-order chi connectivity index (χ0) is 22.7. The van der Waals surface area contributed by atoms with Crippen molar-refractivity contribution in [3.63, 3.8) is 0 Å². The highest BCUT2D eigenvalue weighted by molar-refractivity contribution is 7.91. The van der Waals surface area contributed by atoms with Gasteiger partial charge in [0.25, 0.3) is 15.9 Å². The molecule has 170 valence electrons. The van der Waals surface area contributed by atoms with E-state index in [9.17, 15) is 13.2 Å². The van der Waals surface area contributed by atoms with Crippen LogP contribution in [0.5, 0.6) is 5.75 Å². The monoisotopic (exact) mass is 475 g/mol. The highest BCUT2D eigenvalue weighted by Crippen LogP contribution is 2.24. The third-order valence-corrected chi connectivity index (χ3v) is 8.79. The first-order valence-electron chi connectivity index (χ1n) is 10.4. The molecule has 2 aromatic heterocycles. The number of benzene rings is 1. The van der Waals surface area contributed by atoms with Gasteiger partial charge in [0.2, 0.25) is 0 Å². The van der Waals surface area contributed by atoms with Crippen molar-refractivity contribution in [2.45, 2.75) is 31.1 Å². The van der Waals surface area contributed by atoms with Crippen LogP contribution < -0.4 is 4.74 Å². The molecule has 1 saturated heterocycles. The Kier molecular flexibility index (Phi) is 6.63. The van der Waals surface area contributed by atoms with Gasteiger partial charge >= 0.3 is 0 Å². The predicted molar refractivity (Wildman–Crippen MR) is 120 cm³/mol. The number of thiophene rings is 1. The number of ether oxygens (including phenoxy) is 1. The van der Waals surface area contributed by atoms with E-state index in [0.717, 1.165) is 6.42 Å². The Morgan fingerprint density at radius 2 is 1.88 bits per heavy atom. The van der Waals surface area contributed by atoms with Crippen LogP contribution >= 0.6 is 11.3 Å². The second-order valence-electron chi connectivity index (χ2n) is 7.48. The van der Waals surface area contributed by atoms with Crippen LogP contribution in [0.15, 0.2) is 50.5 Å². The molecule has 1 amide bonds. The number of amides is 1. The Morgan fingerprint density at radius 1 is 1.16 bits per heavy atom. The summed E-state index contributed by atoms with van der Waals surface area (Å²) >= 11 is 1.19. The third-order valence-electron chi connectivity index (χ3n) is 5.52. The molecule has 1 aliphatic rings. The van der Waals surface area contributed by atoms with Crippen LogP contribution in [0.25, 0.3) is 0 Å². The number of hydrogen-bond donors (Lipinski definition) is 0. The molecule has 0 aliphatic carbocycles. The highest BCUT2D eigenvalue weighted by Gasteiger charge is 2.33. The van der Waals surface area contributed by atoms with E-state index in [0.29, 0.717) is 21.3 Å². The molecule has 32 heavy (non-hydrogen) atoms. The van der Waals surface area contributed by atoms with Gasteiger partial charge in [-0.05, 0) is 42.5 Å². The Labute approximate surface area is 191 Å². The van der Waals surface area contributed by atoms with Gasteiger partial charge < -0.3 is 14.2 Å². The number of nitrogens with zero attached hydrogens (tertiary/aromatic N) is 3. The number of carbonyl (C=O) groups is 1. The molecule has 1 aromatic carbocycles. The van der Waals surface area contributed by atoms with Crippen LogP contribution in [-0.4, -0.2) is 54.9 Å². The third kappa shape index (κ3) is 4.57. The van der Waals surface area contributed by atoms with E-state index in [-0.39, 0.29) is 44.4 Å². The van der Waals surface area contributed by atoms with E-state index in [1.165, 1.54) is 21.2 Å². The van der Waals surface area contributed by atoms with Crippen LogP contribution in [0.2, 0.25) is 0 Å². The lowest BCUT2D eigenvalue weighted by Gasteiger charge is -2.33. The molecule has 0 saturated carbocycles. The number of piperazine rings is 1. The van der Waals surface area contributed by atoms with Crippen molar-refractivity contribution in [1.82, 2.24) is 14.4 Å². The molecular weight excluding hydrogens is 450 g/mol. The minimum absolute atomic E-state index is 0.161. The van der Waals surface area contributed by atoms with Crippen LogP contribution in [-0.2, 0) is 23.1 Å². The zero-order valence-corrected chi connectivity index (χ0v) is 19.6. The van der Waals surface area contributed by atoms with E-state index >= 15 is 0 Å². The van der Waals surface area contributed by atoms with Gasteiger partial charge in [-0.1, -0.05) is 30.3 Å². The molecule has 10 heteroatoms. The molecular formula is C22H25N3O5S2. The number of rotatable bonds is 7. The summed E-state index contributed by atoms with van der Waals surface area (Å²) in [6, 6.07) is 11.1. The summed E-state index contributed by atoms with van der Waals surface area (Å²) in [7, 11) is -3.52. The first-order valence-corrected chi connectivity index (χ1v) is 12.7. The van der Waals surface area contributed by atoms with Crippen LogP contribution in [0.1, 0.15) is 34.3 Å². The fourth-order valence-corrected chi connectivity index (χ4v) is 6.09. The maximum atomic E-state index is 13.1. The van der Waals surface area contributed by atoms with Gasteiger partial charge in [0.1, 0.15) is 22.3 Å². The molecule has 0 unspecified atom stereocenters. The summed E-state index contributed by atoms with van der Waals surface area (Å²) < 4.78 is 38.3.